The van der Waals surface area contributed by atoms with E-state index in [1.807, 2.05) is 26.0 Å². The number of anilines is 1. The van der Waals surface area contributed by atoms with Gasteiger partial charge in [0.25, 0.3) is 0 Å². The molecule has 0 bridgehead atoms. The SMILES string of the molecule is COc1cc(C)c(S(=O)N(C)C2(C(=O)NCC(=O)N(C)Cc3ccc(N4CCC(N(C)C)C4)cc3)CC2)c(C)c1. The van der Waals surface area contributed by atoms with Crippen molar-refractivity contribution in [3.63, 3.8) is 0 Å². The zero-order chi connectivity index (χ0) is 29.2. The van der Waals surface area contributed by atoms with E-state index in [1.165, 1.54) is 5.69 Å². The van der Waals surface area contributed by atoms with E-state index in [0.29, 0.717) is 36.1 Å². The van der Waals surface area contributed by atoms with Gasteiger partial charge in [0.1, 0.15) is 22.3 Å². The van der Waals surface area contributed by atoms with Crippen LogP contribution in [-0.2, 0) is 27.1 Å². The molecule has 1 heterocycles. The number of ether oxygens (including phenoxy) is 1. The van der Waals surface area contributed by atoms with Gasteiger partial charge in [-0.25, -0.2) is 8.51 Å². The molecule has 0 aromatic heterocycles. The van der Waals surface area contributed by atoms with Crippen LogP contribution in [0.15, 0.2) is 41.3 Å². The molecule has 1 saturated carbocycles. The molecule has 2 amide bonds. The quantitative estimate of drug-likeness (QED) is 0.448. The minimum Gasteiger partial charge on any atom is -0.497 e. The molecule has 4 rings (SSSR count). The van der Waals surface area contributed by atoms with Gasteiger partial charge in [0, 0.05) is 45.5 Å². The minimum atomic E-state index is -1.53. The Morgan fingerprint density at radius 1 is 1.07 bits per heavy atom. The lowest BCUT2D eigenvalue weighted by molar-refractivity contribution is -0.133. The van der Waals surface area contributed by atoms with Gasteiger partial charge in [-0.15, -0.1) is 0 Å². The first-order chi connectivity index (χ1) is 19.0. The molecule has 2 aromatic carbocycles. The van der Waals surface area contributed by atoms with Gasteiger partial charge in [-0.2, -0.15) is 0 Å². The smallest absolute Gasteiger partial charge is 0.242 e. The Morgan fingerprint density at radius 2 is 1.70 bits per heavy atom. The first-order valence-corrected chi connectivity index (χ1v) is 14.9. The summed E-state index contributed by atoms with van der Waals surface area (Å²) in [4.78, 5) is 33.0. The number of amides is 2. The Bertz CT molecular complexity index is 1240. The highest BCUT2D eigenvalue weighted by Gasteiger charge is 2.55. The summed E-state index contributed by atoms with van der Waals surface area (Å²) in [6, 6.07) is 12.6. The Morgan fingerprint density at radius 3 is 2.23 bits per heavy atom. The normalized spacial score (nSPS) is 18.6. The number of nitrogens with one attached hydrogen (secondary N) is 1. The summed E-state index contributed by atoms with van der Waals surface area (Å²) < 4.78 is 20.5. The molecule has 40 heavy (non-hydrogen) atoms. The second kappa shape index (κ2) is 12.3. The second-order valence-corrected chi connectivity index (χ2v) is 12.8. The highest BCUT2D eigenvalue weighted by atomic mass is 32.2. The van der Waals surface area contributed by atoms with Crippen molar-refractivity contribution in [3.8, 4) is 5.75 Å². The molecule has 2 aliphatic rings. The third kappa shape index (κ3) is 6.34. The average molecular weight is 570 g/mol. The lowest BCUT2D eigenvalue weighted by atomic mass is 10.1. The summed E-state index contributed by atoms with van der Waals surface area (Å²) in [5.41, 5.74) is 3.06. The number of hydrogen-bond acceptors (Lipinski definition) is 6. The van der Waals surface area contributed by atoms with Crippen molar-refractivity contribution in [2.45, 2.75) is 56.1 Å². The van der Waals surface area contributed by atoms with Gasteiger partial charge in [0.2, 0.25) is 11.8 Å². The van der Waals surface area contributed by atoms with Gasteiger partial charge in [-0.05, 0) is 88.2 Å². The van der Waals surface area contributed by atoms with E-state index < -0.39 is 16.5 Å². The van der Waals surface area contributed by atoms with Crippen LogP contribution in [0, 0.1) is 13.8 Å². The van der Waals surface area contributed by atoms with Crippen molar-refractivity contribution in [1.29, 1.82) is 0 Å². The van der Waals surface area contributed by atoms with Gasteiger partial charge in [-0.3, -0.25) is 9.59 Å². The summed E-state index contributed by atoms with van der Waals surface area (Å²) in [5.74, 6) is 0.271. The molecule has 9 nitrogen and oxygen atoms in total. The highest BCUT2D eigenvalue weighted by molar-refractivity contribution is 7.82. The summed E-state index contributed by atoms with van der Waals surface area (Å²) in [6.07, 6.45) is 2.35. The van der Waals surface area contributed by atoms with Crippen LogP contribution in [0.3, 0.4) is 0 Å². The monoisotopic (exact) mass is 569 g/mol. The van der Waals surface area contributed by atoms with E-state index in [1.54, 1.807) is 30.4 Å². The molecule has 1 aliphatic heterocycles. The summed E-state index contributed by atoms with van der Waals surface area (Å²) in [5, 5.41) is 2.81. The third-order valence-electron chi connectivity index (χ3n) is 8.28. The number of benzene rings is 2. The van der Waals surface area contributed by atoms with Crippen LogP contribution in [0.4, 0.5) is 5.69 Å². The molecule has 1 N–H and O–H groups in total. The van der Waals surface area contributed by atoms with Crippen molar-refractivity contribution < 1.29 is 18.5 Å². The van der Waals surface area contributed by atoms with Crippen molar-refractivity contribution >= 4 is 28.5 Å². The Hall–Kier alpha value is -2.95. The van der Waals surface area contributed by atoms with Crippen molar-refractivity contribution in [3.05, 3.63) is 53.1 Å². The van der Waals surface area contributed by atoms with Gasteiger partial charge < -0.3 is 24.8 Å². The maximum atomic E-state index is 13.5. The Labute approximate surface area is 241 Å². The van der Waals surface area contributed by atoms with E-state index in [2.05, 4.69) is 53.5 Å². The molecule has 2 atom stereocenters. The molecule has 2 fully saturated rings. The molecule has 0 spiro atoms. The van der Waals surface area contributed by atoms with E-state index in [-0.39, 0.29) is 18.4 Å². The molecular formula is C30H43N5O4S. The summed E-state index contributed by atoms with van der Waals surface area (Å²) >= 11 is 0. The van der Waals surface area contributed by atoms with Crippen molar-refractivity contribution in [1.82, 2.24) is 19.4 Å². The van der Waals surface area contributed by atoms with E-state index in [0.717, 1.165) is 36.2 Å². The highest BCUT2D eigenvalue weighted by Crippen LogP contribution is 2.43. The standard InChI is InChI=1S/C30H43N5O4S/c1-21-16-26(39-7)17-22(2)28(21)40(38)34(6)30(13-14-30)29(37)31-18-27(36)33(5)19-23-8-10-24(11-9-23)35-15-12-25(20-35)32(3)4/h8-11,16-17,25H,12-15,18-20H2,1-7H3,(H,31,37). The van der Waals surface area contributed by atoms with Gasteiger partial charge >= 0.3 is 0 Å². The molecule has 2 aromatic rings. The van der Waals surface area contributed by atoms with E-state index in [9.17, 15) is 13.8 Å². The molecule has 2 unspecified atom stereocenters. The second-order valence-electron chi connectivity index (χ2n) is 11.3. The maximum Gasteiger partial charge on any atom is 0.242 e. The lowest BCUT2D eigenvalue weighted by Gasteiger charge is -2.27. The van der Waals surface area contributed by atoms with E-state index >= 15 is 0 Å². The zero-order valence-electron chi connectivity index (χ0n) is 24.8. The predicted octanol–water partition coefficient (Wildman–Crippen LogP) is 2.71. The number of methoxy groups -OCH3 is 1. The molecular weight excluding hydrogens is 526 g/mol. The zero-order valence-corrected chi connectivity index (χ0v) is 25.6. The number of rotatable bonds is 11. The van der Waals surface area contributed by atoms with Crippen LogP contribution >= 0.6 is 0 Å². The van der Waals surface area contributed by atoms with Crippen LogP contribution in [0.25, 0.3) is 0 Å². The predicted molar refractivity (Wildman–Crippen MR) is 159 cm³/mol. The molecule has 1 saturated heterocycles. The van der Waals surface area contributed by atoms with Crippen LogP contribution in [0.5, 0.6) is 5.75 Å². The van der Waals surface area contributed by atoms with Crippen molar-refractivity contribution in [2.75, 3.05) is 59.8 Å². The first kappa shape index (κ1) is 30.0. The molecule has 0 radical (unpaired) electrons. The maximum absolute atomic E-state index is 13.5. The molecule has 218 valence electrons. The van der Waals surface area contributed by atoms with Crippen LogP contribution < -0.4 is 15.0 Å². The number of hydrogen-bond donors (Lipinski definition) is 1. The van der Waals surface area contributed by atoms with Gasteiger partial charge in [0.15, 0.2) is 0 Å². The topological polar surface area (TPSA) is 85.4 Å². The fraction of sp³-hybridized carbons (Fsp3) is 0.533. The third-order valence-corrected chi connectivity index (χ3v) is 10.1. The number of carbonyl (C=O) groups excluding carboxylic acids is 2. The Balaban J connectivity index is 1.30. The van der Waals surface area contributed by atoms with E-state index in [4.69, 9.17) is 4.74 Å². The molecule has 1 aliphatic carbocycles. The number of aryl methyl sites for hydroxylation is 2. The summed E-state index contributed by atoms with van der Waals surface area (Å²) in [6.45, 7) is 6.21. The van der Waals surface area contributed by atoms with Gasteiger partial charge in [-0.1, -0.05) is 12.1 Å². The first-order valence-electron chi connectivity index (χ1n) is 13.8. The Kier molecular flexibility index (Phi) is 9.22. The fourth-order valence-electron chi connectivity index (χ4n) is 5.43. The lowest BCUT2D eigenvalue weighted by Crippen LogP contribution is -2.50. The molecule has 10 heteroatoms. The average Bonchev–Trinajstić information content (AvgIpc) is 3.59. The van der Waals surface area contributed by atoms with Crippen molar-refractivity contribution in [2.24, 2.45) is 0 Å². The van der Waals surface area contributed by atoms with Crippen LogP contribution in [0.2, 0.25) is 0 Å². The fourth-order valence-corrected chi connectivity index (χ4v) is 6.96. The van der Waals surface area contributed by atoms with Crippen LogP contribution in [-0.4, -0.2) is 96.6 Å². The van der Waals surface area contributed by atoms with Gasteiger partial charge in [0.05, 0.1) is 18.6 Å². The largest absolute Gasteiger partial charge is 0.497 e. The summed E-state index contributed by atoms with van der Waals surface area (Å²) in [7, 11) is 7.78. The number of likely N-dealkylation sites (N-methyl/N-ethyl adjacent to an activating group) is 3. The van der Waals surface area contributed by atoms with Crippen LogP contribution in [0.1, 0.15) is 36.0 Å². The number of nitrogens with zero attached hydrogens (tertiary/aromatic N) is 4. The minimum absolute atomic E-state index is 0.101. The number of carbonyl (C=O) groups is 2.